The summed E-state index contributed by atoms with van der Waals surface area (Å²) in [7, 11) is -2.50. The van der Waals surface area contributed by atoms with Crippen LogP contribution in [0.3, 0.4) is 0 Å². The summed E-state index contributed by atoms with van der Waals surface area (Å²) in [4.78, 5) is 4.81. The molecule has 1 aromatic heterocycles. The van der Waals surface area contributed by atoms with Crippen LogP contribution < -0.4 is 0 Å². The van der Waals surface area contributed by atoms with E-state index in [4.69, 9.17) is 23.4 Å². The Morgan fingerprint density at radius 3 is 2.10 bits per heavy atom. The fourth-order valence-corrected chi connectivity index (χ4v) is 6.51. The number of nitrogens with zero attached hydrogens (tertiary/aromatic N) is 3. The maximum atomic E-state index is 5.95. The predicted molar refractivity (Wildman–Crippen MR) is 127 cm³/mol. The van der Waals surface area contributed by atoms with Gasteiger partial charge in [-0.25, -0.2) is 9.67 Å². The van der Waals surface area contributed by atoms with E-state index in [1.807, 2.05) is 26.8 Å². The second-order valence-electron chi connectivity index (χ2n) is 7.73. The molecule has 0 saturated carbocycles. The molecule has 0 unspecified atom stereocenters. The standard InChI is InChI=1S/C24H41N3O3Si/c1-5-16-24-25-23(21-22-17-12-11-13-18-22)26-27(24)19-14-9-10-15-20-31(28-6-2,29-7-3)30-8-4/h11-13,17-18H,5-10,14-16,19-21H2,1-4H3. The Kier molecular flexibility index (Phi) is 12.0. The van der Waals surface area contributed by atoms with E-state index < -0.39 is 8.80 Å². The number of hydrogen-bond donors (Lipinski definition) is 0. The highest BCUT2D eigenvalue weighted by molar-refractivity contribution is 6.60. The van der Waals surface area contributed by atoms with Gasteiger partial charge in [-0.05, 0) is 45.6 Å². The molecule has 1 aromatic carbocycles. The Morgan fingerprint density at radius 1 is 0.839 bits per heavy atom. The minimum absolute atomic E-state index is 0.643. The number of rotatable bonds is 17. The maximum absolute atomic E-state index is 5.95. The van der Waals surface area contributed by atoms with E-state index in [2.05, 4.69) is 35.9 Å². The van der Waals surface area contributed by atoms with Crippen LogP contribution in [0.1, 0.15) is 77.0 Å². The van der Waals surface area contributed by atoms with E-state index in [0.717, 1.165) is 69.2 Å². The molecule has 0 aliphatic heterocycles. The highest BCUT2D eigenvalue weighted by Crippen LogP contribution is 2.20. The summed E-state index contributed by atoms with van der Waals surface area (Å²) in [6.07, 6.45) is 7.35. The normalized spacial score (nSPS) is 11.9. The van der Waals surface area contributed by atoms with Crippen molar-refractivity contribution >= 4 is 8.80 Å². The van der Waals surface area contributed by atoms with Crippen LogP contribution in [0, 0.1) is 0 Å². The second-order valence-corrected chi connectivity index (χ2v) is 10.5. The van der Waals surface area contributed by atoms with Gasteiger partial charge in [0.2, 0.25) is 0 Å². The van der Waals surface area contributed by atoms with Crippen molar-refractivity contribution < 1.29 is 13.3 Å². The number of hydrogen-bond acceptors (Lipinski definition) is 5. The molecule has 0 atom stereocenters. The number of aryl methyl sites for hydroxylation is 2. The third-order valence-electron chi connectivity index (χ3n) is 5.17. The van der Waals surface area contributed by atoms with Crippen molar-refractivity contribution in [2.45, 2.75) is 85.2 Å². The second kappa shape index (κ2) is 14.5. The Hall–Kier alpha value is -1.54. The van der Waals surface area contributed by atoms with Gasteiger partial charge >= 0.3 is 8.80 Å². The maximum Gasteiger partial charge on any atom is 0.500 e. The Morgan fingerprint density at radius 2 is 1.48 bits per heavy atom. The number of benzene rings is 1. The largest absolute Gasteiger partial charge is 0.500 e. The van der Waals surface area contributed by atoms with E-state index in [1.54, 1.807) is 0 Å². The average Bonchev–Trinajstić information content (AvgIpc) is 3.13. The SMILES string of the molecule is CCCc1nc(Cc2ccccc2)nn1CCCCCC[Si](OCC)(OCC)OCC. The summed E-state index contributed by atoms with van der Waals surface area (Å²) in [5.41, 5.74) is 1.26. The number of unbranched alkanes of at least 4 members (excludes halogenated alkanes) is 3. The number of aromatic nitrogens is 3. The van der Waals surface area contributed by atoms with Gasteiger partial charge in [-0.1, -0.05) is 50.1 Å². The van der Waals surface area contributed by atoms with E-state index in [9.17, 15) is 0 Å². The van der Waals surface area contributed by atoms with E-state index in [-0.39, 0.29) is 0 Å². The van der Waals surface area contributed by atoms with Crippen molar-refractivity contribution in [3.63, 3.8) is 0 Å². The molecule has 174 valence electrons. The lowest BCUT2D eigenvalue weighted by Gasteiger charge is -2.28. The third-order valence-corrected chi connectivity index (χ3v) is 8.32. The minimum atomic E-state index is -2.50. The van der Waals surface area contributed by atoms with E-state index in [0.29, 0.717) is 19.8 Å². The molecule has 2 aromatic rings. The highest BCUT2D eigenvalue weighted by Gasteiger charge is 2.39. The highest BCUT2D eigenvalue weighted by atomic mass is 28.4. The molecule has 0 aliphatic rings. The summed E-state index contributed by atoms with van der Waals surface area (Å²) < 4.78 is 20.0. The molecule has 0 spiro atoms. The van der Waals surface area contributed by atoms with E-state index in [1.165, 1.54) is 5.56 Å². The molecular formula is C24H41N3O3Si. The molecule has 1 heterocycles. The Bertz CT molecular complexity index is 707. The van der Waals surface area contributed by atoms with E-state index >= 15 is 0 Å². The van der Waals surface area contributed by atoms with Gasteiger partial charge < -0.3 is 13.3 Å². The van der Waals surface area contributed by atoms with Crippen molar-refractivity contribution in [2.75, 3.05) is 19.8 Å². The van der Waals surface area contributed by atoms with Gasteiger partial charge in [0.25, 0.3) is 0 Å². The lowest BCUT2D eigenvalue weighted by Crippen LogP contribution is -2.45. The van der Waals surface area contributed by atoms with Crippen molar-refractivity contribution in [3.05, 3.63) is 47.5 Å². The molecule has 0 aliphatic carbocycles. The van der Waals surface area contributed by atoms with Crippen LogP contribution >= 0.6 is 0 Å². The molecule has 0 N–H and O–H groups in total. The summed E-state index contributed by atoms with van der Waals surface area (Å²) >= 11 is 0. The van der Waals surface area contributed by atoms with Crippen molar-refractivity contribution in [3.8, 4) is 0 Å². The Labute approximate surface area is 189 Å². The topological polar surface area (TPSA) is 58.4 Å². The molecule has 0 saturated heterocycles. The zero-order valence-electron chi connectivity index (χ0n) is 19.9. The van der Waals surface area contributed by atoms with Crippen molar-refractivity contribution in [1.29, 1.82) is 0 Å². The van der Waals surface area contributed by atoms with Crippen LogP contribution in [0.2, 0.25) is 6.04 Å². The summed E-state index contributed by atoms with van der Waals surface area (Å²) in [6.45, 7) is 11.1. The molecule has 0 fully saturated rings. The molecule has 6 nitrogen and oxygen atoms in total. The molecule has 0 bridgehead atoms. The lowest BCUT2D eigenvalue weighted by molar-refractivity contribution is 0.0706. The molecule has 31 heavy (non-hydrogen) atoms. The summed E-state index contributed by atoms with van der Waals surface area (Å²) in [5.74, 6) is 2.04. The van der Waals surface area contributed by atoms with Crippen LogP contribution in [-0.2, 0) is 32.7 Å². The summed E-state index contributed by atoms with van der Waals surface area (Å²) in [5, 5.41) is 4.81. The minimum Gasteiger partial charge on any atom is -0.374 e. The Balaban J connectivity index is 1.81. The van der Waals surface area contributed by atoms with Gasteiger partial charge in [0.1, 0.15) is 5.82 Å². The van der Waals surface area contributed by atoms with Gasteiger partial charge in [-0.3, -0.25) is 0 Å². The van der Waals surface area contributed by atoms with Gasteiger partial charge in [-0.15, -0.1) is 0 Å². The predicted octanol–water partition coefficient (Wildman–Crippen LogP) is 5.43. The molecule has 7 heteroatoms. The van der Waals surface area contributed by atoms with Gasteiger partial charge in [0, 0.05) is 45.3 Å². The lowest BCUT2D eigenvalue weighted by atomic mass is 10.1. The zero-order valence-corrected chi connectivity index (χ0v) is 20.9. The van der Waals surface area contributed by atoms with Crippen LogP contribution in [0.25, 0.3) is 0 Å². The smallest absolute Gasteiger partial charge is 0.374 e. The van der Waals surface area contributed by atoms with Gasteiger partial charge in [-0.2, -0.15) is 5.10 Å². The first-order chi connectivity index (χ1) is 15.2. The van der Waals surface area contributed by atoms with Crippen LogP contribution in [0.5, 0.6) is 0 Å². The van der Waals surface area contributed by atoms with Crippen molar-refractivity contribution in [1.82, 2.24) is 14.8 Å². The fraction of sp³-hybridized carbons (Fsp3) is 0.667. The first-order valence-electron chi connectivity index (χ1n) is 12.0. The molecule has 0 radical (unpaired) electrons. The monoisotopic (exact) mass is 447 g/mol. The third kappa shape index (κ3) is 8.84. The van der Waals surface area contributed by atoms with Crippen molar-refractivity contribution in [2.24, 2.45) is 0 Å². The van der Waals surface area contributed by atoms with Crippen LogP contribution in [-0.4, -0.2) is 43.4 Å². The summed E-state index contributed by atoms with van der Waals surface area (Å²) in [6, 6.07) is 11.3. The average molecular weight is 448 g/mol. The first-order valence-corrected chi connectivity index (χ1v) is 14.0. The zero-order chi connectivity index (χ0) is 22.4. The van der Waals surface area contributed by atoms with Crippen LogP contribution in [0.4, 0.5) is 0 Å². The quantitative estimate of drug-likeness (QED) is 0.239. The molecule has 2 rings (SSSR count). The molecule has 0 amide bonds. The van der Waals surface area contributed by atoms with Crippen LogP contribution in [0.15, 0.2) is 30.3 Å². The molecular weight excluding hydrogens is 406 g/mol. The van der Waals surface area contributed by atoms with Gasteiger partial charge in [0.05, 0.1) is 0 Å². The first kappa shape index (κ1) is 25.7. The van der Waals surface area contributed by atoms with Gasteiger partial charge in [0.15, 0.2) is 5.82 Å². The fourth-order valence-electron chi connectivity index (χ4n) is 3.82.